The molecule has 34 heavy (non-hydrogen) atoms. The van der Waals surface area contributed by atoms with Gasteiger partial charge in [0.1, 0.15) is 11.4 Å². The number of methoxy groups -OCH3 is 1. The Bertz CT molecular complexity index is 1410. The minimum absolute atomic E-state index is 0.163. The summed E-state index contributed by atoms with van der Waals surface area (Å²) in [6.45, 7) is 1.83. The largest absolute Gasteiger partial charge is 0.496 e. The summed E-state index contributed by atoms with van der Waals surface area (Å²) in [6, 6.07) is 20.3. The standard InChI is InChI=1S/C28H26N2O4/c1-17(33)29-28-25-11-22(16-32)21(15-31)10-20(25)12-26-23-14-24(18-6-4-3-5-7-18)27(34-2)13-19(23)8-9-30(26)28/h3-7,10-14,31-32H,8-9,15-16H2,1-2H3/p+1. The van der Waals surface area contributed by atoms with Crippen molar-refractivity contribution in [2.45, 2.75) is 33.1 Å². The van der Waals surface area contributed by atoms with E-state index in [1.807, 2.05) is 30.3 Å². The van der Waals surface area contributed by atoms with Crippen molar-refractivity contribution < 1.29 is 24.3 Å². The van der Waals surface area contributed by atoms with E-state index in [1.165, 1.54) is 12.5 Å². The zero-order valence-electron chi connectivity index (χ0n) is 19.3. The van der Waals surface area contributed by atoms with Gasteiger partial charge in [-0.2, -0.15) is 0 Å². The molecule has 0 aliphatic carbocycles. The predicted octanol–water partition coefficient (Wildman–Crippen LogP) is 3.97. The number of nitrogens with zero attached hydrogens (tertiary/aromatic N) is 1. The molecule has 1 aliphatic rings. The molecular formula is C28H27N2O4+. The predicted molar refractivity (Wildman–Crippen MR) is 131 cm³/mol. The van der Waals surface area contributed by atoms with Crippen LogP contribution in [0.4, 0.5) is 5.82 Å². The Labute approximate surface area is 198 Å². The van der Waals surface area contributed by atoms with Crippen LogP contribution in [0.1, 0.15) is 23.6 Å². The summed E-state index contributed by atoms with van der Waals surface area (Å²) in [5, 5.41) is 24.4. The average molecular weight is 456 g/mol. The molecule has 2 heterocycles. The van der Waals surface area contributed by atoms with Crippen LogP contribution in [0.15, 0.2) is 60.7 Å². The number of hydrogen-bond acceptors (Lipinski definition) is 4. The number of nitrogens with one attached hydrogen (secondary N) is 1. The van der Waals surface area contributed by atoms with Gasteiger partial charge in [0.15, 0.2) is 0 Å². The number of pyridine rings is 1. The SMILES string of the molecule is COc1cc2c(cc1-c1ccccc1)-c1cc3cc(CO)c(CO)cc3c(NC(C)=O)[n+]1CC2. The Kier molecular flexibility index (Phi) is 5.77. The Balaban J connectivity index is 1.81. The molecule has 6 nitrogen and oxygen atoms in total. The monoisotopic (exact) mass is 455 g/mol. The highest BCUT2D eigenvalue weighted by atomic mass is 16.5. The highest BCUT2D eigenvalue weighted by Gasteiger charge is 2.28. The topological polar surface area (TPSA) is 82.7 Å². The van der Waals surface area contributed by atoms with Crippen molar-refractivity contribution in [2.75, 3.05) is 12.4 Å². The van der Waals surface area contributed by atoms with E-state index in [0.29, 0.717) is 23.5 Å². The number of benzene rings is 3. The van der Waals surface area contributed by atoms with E-state index in [1.54, 1.807) is 7.11 Å². The van der Waals surface area contributed by atoms with Crippen molar-refractivity contribution in [3.05, 3.63) is 77.4 Å². The zero-order chi connectivity index (χ0) is 23.8. The number of hydrogen-bond donors (Lipinski definition) is 3. The molecule has 1 aliphatic heterocycles. The first-order valence-corrected chi connectivity index (χ1v) is 11.3. The van der Waals surface area contributed by atoms with E-state index in [0.717, 1.165) is 45.3 Å². The molecule has 0 saturated heterocycles. The molecule has 6 heteroatoms. The third-order valence-electron chi connectivity index (χ3n) is 6.51. The van der Waals surface area contributed by atoms with Gasteiger partial charge in [-0.15, -0.1) is 0 Å². The fraction of sp³-hybridized carbons (Fsp3) is 0.214. The van der Waals surface area contributed by atoms with E-state index in [2.05, 4.69) is 40.2 Å². The minimum Gasteiger partial charge on any atom is -0.496 e. The first kappa shape index (κ1) is 22.1. The average Bonchev–Trinajstić information content (AvgIpc) is 2.87. The van der Waals surface area contributed by atoms with Crippen LogP contribution in [0.25, 0.3) is 33.2 Å². The molecule has 3 aromatic carbocycles. The third-order valence-corrected chi connectivity index (χ3v) is 6.51. The molecule has 0 spiro atoms. The summed E-state index contributed by atoms with van der Waals surface area (Å²) in [7, 11) is 1.69. The quantitative estimate of drug-likeness (QED) is 0.398. The van der Waals surface area contributed by atoms with Gasteiger partial charge in [-0.25, -0.2) is 14.7 Å². The molecule has 5 rings (SSSR count). The Morgan fingerprint density at radius 2 is 1.74 bits per heavy atom. The van der Waals surface area contributed by atoms with E-state index in [4.69, 9.17) is 4.74 Å². The number of rotatable bonds is 5. The van der Waals surface area contributed by atoms with Crippen LogP contribution in [0, 0.1) is 0 Å². The Morgan fingerprint density at radius 1 is 1.00 bits per heavy atom. The van der Waals surface area contributed by atoms with Crippen molar-refractivity contribution in [1.82, 2.24) is 0 Å². The molecule has 172 valence electrons. The molecule has 0 radical (unpaired) electrons. The molecule has 0 fully saturated rings. The smallest absolute Gasteiger partial charge is 0.304 e. The Morgan fingerprint density at radius 3 is 2.41 bits per heavy atom. The first-order valence-electron chi connectivity index (χ1n) is 11.3. The number of aryl methyl sites for hydroxylation is 1. The lowest BCUT2D eigenvalue weighted by Crippen LogP contribution is -2.44. The van der Waals surface area contributed by atoms with Crippen molar-refractivity contribution in [1.29, 1.82) is 0 Å². The number of anilines is 1. The lowest BCUT2D eigenvalue weighted by molar-refractivity contribution is -0.672. The summed E-state index contributed by atoms with van der Waals surface area (Å²) >= 11 is 0. The highest BCUT2D eigenvalue weighted by Crippen LogP contribution is 2.39. The zero-order valence-corrected chi connectivity index (χ0v) is 19.3. The summed E-state index contributed by atoms with van der Waals surface area (Å²) in [4.78, 5) is 12.2. The van der Waals surface area contributed by atoms with Crippen LogP contribution >= 0.6 is 0 Å². The molecule has 0 atom stereocenters. The van der Waals surface area contributed by atoms with Crippen LogP contribution in [0.2, 0.25) is 0 Å². The maximum Gasteiger partial charge on any atom is 0.304 e. The van der Waals surface area contributed by atoms with Crippen LogP contribution < -0.4 is 14.6 Å². The Hall–Kier alpha value is -3.74. The van der Waals surface area contributed by atoms with Crippen molar-refractivity contribution in [2.24, 2.45) is 0 Å². The summed E-state index contributed by atoms with van der Waals surface area (Å²) in [6.07, 6.45) is 0.790. The van der Waals surface area contributed by atoms with Crippen molar-refractivity contribution in [3.8, 4) is 28.1 Å². The molecule has 0 unspecified atom stereocenters. The number of ether oxygens (including phenoxy) is 1. The molecule has 0 saturated carbocycles. The van der Waals surface area contributed by atoms with Gasteiger partial charge in [0.2, 0.25) is 0 Å². The van der Waals surface area contributed by atoms with Crippen LogP contribution in [0.3, 0.4) is 0 Å². The number of aliphatic hydroxyl groups is 2. The van der Waals surface area contributed by atoms with Gasteiger partial charge in [0.25, 0.3) is 5.82 Å². The highest BCUT2D eigenvalue weighted by molar-refractivity contribution is 6.00. The fourth-order valence-electron chi connectivity index (χ4n) is 4.89. The molecule has 4 aromatic rings. The number of aliphatic hydroxyl groups excluding tert-OH is 2. The first-order chi connectivity index (χ1) is 16.5. The lowest BCUT2D eigenvalue weighted by atomic mass is 9.90. The maximum atomic E-state index is 12.2. The molecule has 0 bridgehead atoms. The second-order valence-corrected chi connectivity index (χ2v) is 8.56. The number of carbonyl (C=O) groups excluding carboxylic acids is 1. The van der Waals surface area contributed by atoms with Crippen molar-refractivity contribution >= 4 is 22.5 Å². The summed E-state index contributed by atoms with van der Waals surface area (Å²) < 4.78 is 7.87. The normalized spacial score (nSPS) is 12.2. The van der Waals surface area contributed by atoms with E-state index in [9.17, 15) is 15.0 Å². The van der Waals surface area contributed by atoms with Gasteiger partial charge >= 0.3 is 5.91 Å². The molecule has 1 aromatic heterocycles. The van der Waals surface area contributed by atoms with Crippen LogP contribution in [-0.2, 0) is 31.0 Å². The molecule has 3 N–H and O–H groups in total. The maximum absolute atomic E-state index is 12.2. The van der Waals surface area contributed by atoms with E-state index in [-0.39, 0.29) is 19.1 Å². The number of aromatic nitrogens is 1. The number of fused-ring (bicyclic) bond motifs is 4. The summed E-state index contributed by atoms with van der Waals surface area (Å²) in [5.74, 6) is 1.36. The van der Waals surface area contributed by atoms with Gasteiger partial charge in [0.05, 0.1) is 32.3 Å². The number of carbonyl (C=O) groups is 1. The van der Waals surface area contributed by atoms with Gasteiger partial charge in [-0.1, -0.05) is 30.3 Å². The number of amides is 1. The van der Waals surface area contributed by atoms with Gasteiger partial charge < -0.3 is 14.9 Å². The second-order valence-electron chi connectivity index (χ2n) is 8.56. The molecule has 1 amide bonds. The van der Waals surface area contributed by atoms with Crippen molar-refractivity contribution in [3.63, 3.8) is 0 Å². The van der Waals surface area contributed by atoms with Gasteiger partial charge in [-0.3, -0.25) is 0 Å². The van der Waals surface area contributed by atoms with Crippen LogP contribution in [-0.4, -0.2) is 23.2 Å². The fourth-order valence-corrected chi connectivity index (χ4v) is 4.89. The van der Waals surface area contributed by atoms with Gasteiger partial charge in [-0.05, 0) is 58.0 Å². The third kappa shape index (κ3) is 3.71. The van der Waals surface area contributed by atoms with E-state index < -0.39 is 0 Å². The van der Waals surface area contributed by atoms with Crippen LogP contribution in [0.5, 0.6) is 5.75 Å². The van der Waals surface area contributed by atoms with Gasteiger partial charge in [0, 0.05) is 24.5 Å². The minimum atomic E-state index is -0.184. The lowest BCUT2D eigenvalue weighted by Gasteiger charge is -2.23. The summed E-state index contributed by atoms with van der Waals surface area (Å²) in [5.41, 5.74) is 6.63. The molecular weight excluding hydrogens is 428 g/mol. The van der Waals surface area contributed by atoms with E-state index >= 15 is 0 Å². The second kappa shape index (κ2) is 8.89.